The third-order valence-corrected chi connectivity index (χ3v) is 2.98. The second kappa shape index (κ2) is 4.26. The van der Waals surface area contributed by atoms with Crippen molar-refractivity contribution in [3.8, 4) is 11.5 Å². The maximum atomic E-state index is 11.1. The lowest BCUT2D eigenvalue weighted by atomic mass is 10.0. The summed E-state index contributed by atoms with van der Waals surface area (Å²) in [5, 5.41) is 34.6. The van der Waals surface area contributed by atoms with Crippen LogP contribution in [0.4, 0.5) is 5.95 Å². The van der Waals surface area contributed by atoms with Crippen molar-refractivity contribution in [2.75, 3.05) is 5.32 Å². The van der Waals surface area contributed by atoms with Crippen LogP contribution in [-0.4, -0.2) is 36.1 Å². The molecule has 1 aromatic heterocycles. The number of rotatable bonds is 2. The van der Waals surface area contributed by atoms with Crippen LogP contribution >= 0.6 is 0 Å². The number of allylic oxidation sites excluding steroid dienone is 1. The van der Waals surface area contributed by atoms with Crippen LogP contribution in [0.3, 0.4) is 0 Å². The molecule has 1 atom stereocenters. The van der Waals surface area contributed by atoms with Crippen molar-refractivity contribution >= 4 is 11.9 Å². The molecule has 1 aromatic carbocycles. The van der Waals surface area contributed by atoms with E-state index in [9.17, 15) is 15.0 Å². The molecule has 1 aliphatic heterocycles. The molecule has 0 saturated heterocycles. The Morgan fingerprint density at radius 2 is 2.10 bits per heavy atom. The van der Waals surface area contributed by atoms with Gasteiger partial charge in [-0.05, 0) is 23.8 Å². The molecule has 1 unspecified atom stereocenters. The fraction of sp³-hybridized carbons (Fsp3) is 0.0833. The Morgan fingerprint density at radius 1 is 1.30 bits per heavy atom. The molecular weight excluding hydrogens is 264 g/mol. The summed E-state index contributed by atoms with van der Waals surface area (Å²) in [4.78, 5) is 15.0. The van der Waals surface area contributed by atoms with Crippen LogP contribution in [0.5, 0.6) is 11.5 Å². The van der Waals surface area contributed by atoms with Crippen LogP contribution in [0.15, 0.2) is 36.3 Å². The van der Waals surface area contributed by atoms with E-state index in [4.69, 9.17) is 5.11 Å². The fourth-order valence-corrected chi connectivity index (χ4v) is 2.02. The van der Waals surface area contributed by atoms with Gasteiger partial charge in [0.05, 0.1) is 0 Å². The van der Waals surface area contributed by atoms with Crippen LogP contribution in [0, 0.1) is 0 Å². The second-order valence-corrected chi connectivity index (χ2v) is 4.23. The molecule has 20 heavy (non-hydrogen) atoms. The molecule has 0 fully saturated rings. The van der Waals surface area contributed by atoms with Gasteiger partial charge < -0.3 is 20.6 Å². The molecule has 0 radical (unpaired) electrons. The number of hydrogen-bond acceptors (Lipinski definition) is 6. The van der Waals surface area contributed by atoms with E-state index in [1.54, 1.807) is 6.07 Å². The van der Waals surface area contributed by atoms with E-state index in [-0.39, 0.29) is 17.2 Å². The van der Waals surface area contributed by atoms with Crippen LogP contribution in [0.1, 0.15) is 11.6 Å². The van der Waals surface area contributed by atoms with Crippen molar-refractivity contribution in [1.29, 1.82) is 0 Å². The zero-order chi connectivity index (χ0) is 14.3. The molecule has 2 aromatic rings. The number of carboxylic acid groups (broad SMARTS) is 1. The highest BCUT2D eigenvalue weighted by molar-refractivity contribution is 5.90. The molecule has 0 bridgehead atoms. The Bertz CT molecular complexity index is 722. The molecule has 8 heteroatoms. The molecular formula is C12H10N4O4. The molecule has 0 spiro atoms. The van der Waals surface area contributed by atoms with Crippen molar-refractivity contribution in [1.82, 2.24) is 14.8 Å². The van der Waals surface area contributed by atoms with Gasteiger partial charge in [-0.3, -0.25) is 0 Å². The van der Waals surface area contributed by atoms with Gasteiger partial charge in [-0.2, -0.15) is 10.1 Å². The molecule has 0 amide bonds. The Morgan fingerprint density at radius 3 is 2.80 bits per heavy atom. The highest BCUT2D eigenvalue weighted by atomic mass is 16.4. The summed E-state index contributed by atoms with van der Waals surface area (Å²) in [6.07, 6.45) is 2.75. The Kier molecular flexibility index (Phi) is 2.56. The number of aromatic nitrogens is 3. The van der Waals surface area contributed by atoms with E-state index in [1.807, 2.05) is 0 Å². The smallest absolute Gasteiger partial charge is 0.352 e. The number of nitrogens with one attached hydrogen (secondary N) is 1. The van der Waals surface area contributed by atoms with Gasteiger partial charge in [-0.25, -0.2) is 9.48 Å². The maximum absolute atomic E-state index is 11.1. The summed E-state index contributed by atoms with van der Waals surface area (Å²) < 4.78 is 1.48. The first kappa shape index (κ1) is 12.0. The summed E-state index contributed by atoms with van der Waals surface area (Å²) in [7, 11) is 0. The van der Waals surface area contributed by atoms with Gasteiger partial charge in [0.1, 0.15) is 18.1 Å². The number of phenols is 2. The van der Waals surface area contributed by atoms with Gasteiger partial charge in [0.25, 0.3) is 0 Å². The van der Waals surface area contributed by atoms with Gasteiger partial charge in [-0.15, -0.1) is 0 Å². The van der Waals surface area contributed by atoms with Crippen molar-refractivity contribution < 1.29 is 20.1 Å². The Balaban J connectivity index is 2.11. The van der Waals surface area contributed by atoms with Gasteiger partial charge in [-0.1, -0.05) is 6.07 Å². The maximum Gasteiger partial charge on any atom is 0.352 e. The number of phenolic OH excluding ortho intramolecular Hbond substituents is 2. The lowest BCUT2D eigenvalue weighted by Gasteiger charge is -2.22. The van der Waals surface area contributed by atoms with E-state index in [0.717, 1.165) is 0 Å². The first-order valence-electron chi connectivity index (χ1n) is 5.70. The first-order valence-corrected chi connectivity index (χ1v) is 5.70. The number of aromatic hydroxyl groups is 2. The van der Waals surface area contributed by atoms with Gasteiger partial charge in [0.2, 0.25) is 5.95 Å². The Hall–Kier alpha value is -3.03. The second-order valence-electron chi connectivity index (χ2n) is 4.23. The topological polar surface area (TPSA) is 120 Å². The Labute approximate surface area is 112 Å². The predicted octanol–water partition coefficient (Wildman–Crippen LogP) is 0.673. The minimum absolute atomic E-state index is 0.0249. The van der Waals surface area contributed by atoms with Crippen LogP contribution in [0.25, 0.3) is 0 Å². The van der Waals surface area contributed by atoms with E-state index >= 15 is 0 Å². The summed E-state index contributed by atoms with van der Waals surface area (Å²) in [5.74, 6) is -1.35. The highest BCUT2D eigenvalue weighted by Gasteiger charge is 2.25. The SMILES string of the molecule is O=C(O)C1=CC(c2ccc(O)c(O)c2)n2ncnc2N1. The van der Waals surface area contributed by atoms with Crippen LogP contribution in [-0.2, 0) is 4.79 Å². The molecule has 1 aliphatic rings. The minimum atomic E-state index is -1.12. The lowest BCUT2D eigenvalue weighted by Crippen LogP contribution is -2.24. The third-order valence-electron chi connectivity index (χ3n) is 2.98. The van der Waals surface area contributed by atoms with Gasteiger partial charge >= 0.3 is 5.97 Å². The van der Waals surface area contributed by atoms with E-state index in [2.05, 4.69) is 15.4 Å². The number of benzene rings is 1. The van der Waals surface area contributed by atoms with Crippen LogP contribution < -0.4 is 5.32 Å². The number of nitrogens with zero attached hydrogens (tertiary/aromatic N) is 3. The average molecular weight is 274 g/mol. The minimum Gasteiger partial charge on any atom is -0.504 e. The molecule has 4 N–H and O–H groups in total. The zero-order valence-electron chi connectivity index (χ0n) is 10.1. The largest absolute Gasteiger partial charge is 0.504 e. The normalized spacial score (nSPS) is 17.0. The standard InChI is InChI=1S/C12H10N4O4/c17-9-2-1-6(3-10(9)18)8-4-7(11(19)20)15-12-13-5-14-16(8)12/h1-5,8,17-18H,(H,19,20)(H,13,14,15). The highest BCUT2D eigenvalue weighted by Crippen LogP contribution is 2.33. The zero-order valence-corrected chi connectivity index (χ0v) is 10.1. The van der Waals surface area contributed by atoms with E-state index in [0.29, 0.717) is 11.5 Å². The number of hydrogen-bond donors (Lipinski definition) is 4. The number of aliphatic carboxylic acids is 1. The van der Waals surface area contributed by atoms with Gasteiger partial charge in [0, 0.05) is 0 Å². The van der Waals surface area contributed by atoms with Crippen molar-refractivity contribution in [3.05, 3.63) is 41.9 Å². The lowest BCUT2D eigenvalue weighted by molar-refractivity contribution is -0.132. The van der Waals surface area contributed by atoms with Crippen molar-refractivity contribution in [2.45, 2.75) is 6.04 Å². The van der Waals surface area contributed by atoms with E-state index < -0.39 is 12.0 Å². The summed E-state index contributed by atoms with van der Waals surface area (Å²) in [6.45, 7) is 0. The molecule has 0 aliphatic carbocycles. The number of carbonyl (C=O) groups is 1. The number of fused-ring (bicyclic) bond motifs is 1. The summed E-state index contributed by atoms with van der Waals surface area (Å²) in [6, 6.07) is 3.72. The van der Waals surface area contributed by atoms with Crippen molar-refractivity contribution in [2.24, 2.45) is 0 Å². The predicted molar refractivity (Wildman–Crippen MR) is 67.3 cm³/mol. The van der Waals surface area contributed by atoms with E-state index in [1.165, 1.54) is 29.2 Å². The number of anilines is 1. The molecule has 0 saturated carbocycles. The quantitative estimate of drug-likeness (QED) is 0.594. The fourth-order valence-electron chi connectivity index (χ4n) is 2.02. The summed E-state index contributed by atoms with van der Waals surface area (Å²) >= 11 is 0. The third kappa shape index (κ3) is 1.83. The summed E-state index contributed by atoms with van der Waals surface area (Å²) in [5.41, 5.74) is 0.551. The molecule has 3 rings (SSSR count). The average Bonchev–Trinajstić information content (AvgIpc) is 2.89. The molecule has 102 valence electrons. The van der Waals surface area contributed by atoms with Gasteiger partial charge in [0.15, 0.2) is 11.5 Å². The molecule has 8 nitrogen and oxygen atoms in total. The van der Waals surface area contributed by atoms with Crippen LogP contribution in [0.2, 0.25) is 0 Å². The molecule has 2 heterocycles. The van der Waals surface area contributed by atoms with Crippen molar-refractivity contribution in [3.63, 3.8) is 0 Å². The monoisotopic (exact) mass is 274 g/mol. The number of carboxylic acids is 1. The first-order chi connectivity index (χ1) is 9.56.